The highest BCUT2D eigenvalue weighted by Gasteiger charge is 2.05. The summed E-state index contributed by atoms with van der Waals surface area (Å²) in [7, 11) is 0. The van der Waals surface area contributed by atoms with Crippen molar-refractivity contribution in [3.8, 4) is 0 Å². The number of fused-ring (bicyclic) bond motifs is 1. The number of aromatic nitrogens is 1. The van der Waals surface area contributed by atoms with E-state index in [-0.39, 0.29) is 5.82 Å². The molecule has 0 spiro atoms. The van der Waals surface area contributed by atoms with Crippen LogP contribution >= 0.6 is 15.9 Å². The van der Waals surface area contributed by atoms with Gasteiger partial charge in [0.1, 0.15) is 5.82 Å². The maximum atomic E-state index is 13.6. The third-order valence-corrected chi connectivity index (χ3v) is 3.50. The van der Waals surface area contributed by atoms with Gasteiger partial charge in [-0.15, -0.1) is 0 Å². The molecule has 0 unspecified atom stereocenters. The minimum atomic E-state index is -0.199. The molecule has 0 aliphatic carbocycles. The Morgan fingerprint density at radius 1 is 1.06 bits per heavy atom. The summed E-state index contributed by atoms with van der Waals surface area (Å²) >= 11 is 3.41. The van der Waals surface area contributed by atoms with Crippen molar-refractivity contribution in [3.63, 3.8) is 0 Å². The zero-order chi connectivity index (χ0) is 12.5. The highest BCUT2D eigenvalue weighted by Crippen LogP contribution is 2.20. The topological polar surface area (TPSA) is 15.8 Å². The number of nitrogens with one attached hydrogen (secondary N) is 1. The van der Waals surface area contributed by atoms with Gasteiger partial charge in [0.15, 0.2) is 0 Å². The highest BCUT2D eigenvalue weighted by molar-refractivity contribution is 9.10. The molecule has 0 saturated carbocycles. The molecule has 2 aromatic carbocycles. The minimum Gasteiger partial charge on any atom is -0.356 e. The van der Waals surface area contributed by atoms with Gasteiger partial charge in [-0.2, -0.15) is 0 Å². The molecule has 0 bridgehead atoms. The third kappa shape index (κ3) is 2.18. The van der Waals surface area contributed by atoms with Crippen molar-refractivity contribution in [1.82, 2.24) is 4.98 Å². The summed E-state index contributed by atoms with van der Waals surface area (Å²) in [5, 5.41) is 0.919. The molecule has 1 heterocycles. The molecule has 1 N–H and O–H groups in total. The zero-order valence-electron chi connectivity index (χ0n) is 9.58. The van der Waals surface area contributed by atoms with E-state index in [1.165, 1.54) is 11.6 Å². The molecule has 0 aliphatic heterocycles. The largest absolute Gasteiger partial charge is 0.356 e. The molecule has 3 heteroatoms. The maximum absolute atomic E-state index is 13.6. The van der Waals surface area contributed by atoms with Gasteiger partial charge in [-0.1, -0.05) is 40.2 Å². The molecule has 0 fully saturated rings. The fraction of sp³-hybridized carbons (Fsp3) is 0.0667. The zero-order valence-corrected chi connectivity index (χ0v) is 11.2. The van der Waals surface area contributed by atoms with Crippen LogP contribution in [0.25, 0.3) is 10.9 Å². The first-order chi connectivity index (χ1) is 8.72. The van der Waals surface area contributed by atoms with Gasteiger partial charge in [-0.3, -0.25) is 0 Å². The summed E-state index contributed by atoms with van der Waals surface area (Å²) in [4.78, 5) is 3.14. The lowest BCUT2D eigenvalue weighted by molar-refractivity contribution is 0.637. The van der Waals surface area contributed by atoms with Crippen LogP contribution in [0.15, 0.2) is 53.0 Å². The lowest BCUT2D eigenvalue weighted by atomic mass is 10.1. The molecule has 3 aromatic rings. The van der Waals surface area contributed by atoms with Crippen molar-refractivity contribution in [2.24, 2.45) is 0 Å². The summed E-state index contributed by atoms with van der Waals surface area (Å²) in [5.41, 5.74) is 2.81. The minimum absolute atomic E-state index is 0.199. The highest BCUT2D eigenvalue weighted by atomic mass is 79.9. The van der Waals surface area contributed by atoms with Crippen LogP contribution in [0.5, 0.6) is 0 Å². The van der Waals surface area contributed by atoms with Crippen LogP contribution in [0.4, 0.5) is 4.39 Å². The first kappa shape index (κ1) is 11.5. The number of halogens is 2. The summed E-state index contributed by atoms with van der Waals surface area (Å²) in [6.45, 7) is 0. The Hall–Kier alpha value is -1.61. The Bertz CT molecular complexity index is 685. The first-order valence-corrected chi connectivity index (χ1v) is 6.52. The van der Waals surface area contributed by atoms with Crippen LogP contribution in [0.3, 0.4) is 0 Å². The van der Waals surface area contributed by atoms with Crippen LogP contribution in [0.1, 0.15) is 11.3 Å². The molecule has 90 valence electrons. The third-order valence-electron chi connectivity index (χ3n) is 2.97. The van der Waals surface area contributed by atoms with Crippen molar-refractivity contribution in [2.45, 2.75) is 6.42 Å². The lowest BCUT2D eigenvalue weighted by Gasteiger charge is -1.99. The Morgan fingerprint density at radius 3 is 2.56 bits per heavy atom. The van der Waals surface area contributed by atoms with Gasteiger partial charge in [-0.05, 0) is 29.8 Å². The molecule has 0 radical (unpaired) electrons. The lowest BCUT2D eigenvalue weighted by Crippen LogP contribution is -1.87. The average molecular weight is 304 g/mol. The molecule has 18 heavy (non-hydrogen) atoms. The van der Waals surface area contributed by atoms with Crippen molar-refractivity contribution in [2.75, 3.05) is 0 Å². The summed E-state index contributed by atoms with van der Waals surface area (Å²) in [6, 6.07) is 15.3. The second-order valence-corrected chi connectivity index (χ2v) is 5.22. The van der Waals surface area contributed by atoms with Gasteiger partial charge < -0.3 is 4.98 Å². The maximum Gasteiger partial charge on any atom is 0.147 e. The monoisotopic (exact) mass is 303 g/mol. The van der Waals surface area contributed by atoms with Gasteiger partial charge in [-0.25, -0.2) is 4.39 Å². The van der Waals surface area contributed by atoms with Gasteiger partial charge in [0.2, 0.25) is 0 Å². The quantitative estimate of drug-likeness (QED) is 0.708. The number of hydrogen-bond acceptors (Lipinski definition) is 0. The number of rotatable bonds is 2. The molecule has 0 amide bonds. The average Bonchev–Trinajstić information content (AvgIpc) is 2.76. The number of H-pyrrole nitrogens is 1. The van der Waals surface area contributed by atoms with E-state index in [1.807, 2.05) is 24.3 Å². The van der Waals surface area contributed by atoms with Crippen LogP contribution in [0, 0.1) is 5.82 Å². The molecule has 0 aliphatic rings. The fourth-order valence-corrected chi connectivity index (χ4v) is 2.36. The van der Waals surface area contributed by atoms with E-state index < -0.39 is 0 Å². The van der Waals surface area contributed by atoms with E-state index >= 15 is 0 Å². The predicted molar refractivity (Wildman–Crippen MR) is 75.2 cm³/mol. The second kappa shape index (κ2) is 4.58. The number of benzene rings is 2. The van der Waals surface area contributed by atoms with Crippen LogP contribution in [0.2, 0.25) is 0 Å². The van der Waals surface area contributed by atoms with Crippen LogP contribution < -0.4 is 0 Å². The summed E-state index contributed by atoms with van der Waals surface area (Å²) in [6.07, 6.45) is 0.779. The van der Waals surface area contributed by atoms with E-state index in [1.54, 1.807) is 6.07 Å². The van der Waals surface area contributed by atoms with E-state index in [4.69, 9.17) is 0 Å². The van der Waals surface area contributed by atoms with Gasteiger partial charge in [0.25, 0.3) is 0 Å². The fourth-order valence-electron chi connectivity index (χ4n) is 2.09. The molecule has 1 nitrogen and oxygen atoms in total. The Balaban J connectivity index is 1.95. The molecule has 1 aromatic heterocycles. The summed E-state index contributed by atoms with van der Waals surface area (Å²) < 4.78 is 14.6. The normalized spacial score (nSPS) is 11.0. The molecule has 0 atom stereocenters. The number of para-hydroxylation sites is 1. The standard InChI is InChI=1S/C15H11BrFN/c16-12-6-4-10(5-7-12)8-13-9-11-2-1-3-14(17)15(11)18-13/h1-7,9,18H,8H2. The summed E-state index contributed by atoms with van der Waals surface area (Å²) in [5.74, 6) is -0.199. The van der Waals surface area contributed by atoms with E-state index in [9.17, 15) is 4.39 Å². The Morgan fingerprint density at radius 2 is 1.83 bits per heavy atom. The van der Waals surface area contributed by atoms with Crippen molar-refractivity contribution >= 4 is 26.8 Å². The van der Waals surface area contributed by atoms with Gasteiger partial charge >= 0.3 is 0 Å². The smallest absolute Gasteiger partial charge is 0.147 e. The van der Waals surface area contributed by atoms with Crippen molar-refractivity contribution in [3.05, 3.63) is 70.1 Å². The predicted octanol–water partition coefficient (Wildman–Crippen LogP) is 4.66. The first-order valence-electron chi connectivity index (χ1n) is 5.73. The molecular weight excluding hydrogens is 293 g/mol. The van der Waals surface area contributed by atoms with E-state index in [2.05, 4.69) is 33.0 Å². The number of aromatic amines is 1. The Labute approximate surface area is 113 Å². The Kier molecular flexibility index (Phi) is 2.92. The van der Waals surface area contributed by atoms with Gasteiger partial charge in [0.05, 0.1) is 5.52 Å². The van der Waals surface area contributed by atoms with Crippen molar-refractivity contribution < 1.29 is 4.39 Å². The number of hydrogen-bond donors (Lipinski definition) is 1. The van der Waals surface area contributed by atoms with Crippen LogP contribution in [-0.4, -0.2) is 4.98 Å². The van der Waals surface area contributed by atoms with E-state index in [0.717, 1.165) is 22.0 Å². The van der Waals surface area contributed by atoms with Crippen molar-refractivity contribution in [1.29, 1.82) is 0 Å². The molecular formula is C15H11BrFN. The van der Waals surface area contributed by atoms with Gasteiger partial charge in [0, 0.05) is 22.0 Å². The SMILES string of the molecule is Fc1cccc2cc(Cc3ccc(Br)cc3)[nH]c12. The second-order valence-electron chi connectivity index (χ2n) is 4.30. The van der Waals surface area contributed by atoms with E-state index in [0.29, 0.717) is 5.52 Å². The molecule has 0 saturated heterocycles. The molecule has 3 rings (SSSR count). The van der Waals surface area contributed by atoms with Crippen LogP contribution in [-0.2, 0) is 6.42 Å².